The number of hydrogen-bond acceptors (Lipinski definition) is 4. The predicted molar refractivity (Wildman–Crippen MR) is 77.5 cm³/mol. The number of fused-ring (bicyclic) bond motifs is 1. The van der Waals surface area contributed by atoms with Gasteiger partial charge in [-0.1, -0.05) is 12.1 Å². The van der Waals surface area contributed by atoms with Gasteiger partial charge in [0, 0.05) is 38.1 Å². The minimum absolute atomic E-state index is 0.0350. The van der Waals surface area contributed by atoms with E-state index in [1.807, 2.05) is 18.2 Å². The molecule has 0 atom stereocenters. The molecule has 102 valence electrons. The molecular weight excluding hydrogens is 252 g/mol. The Bertz CT molecular complexity index is 627. The van der Waals surface area contributed by atoms with Gasteiger partial charge in [-0.2, -0.15) is 0 Å². The van der Waals surface area contributed by atoms with Crippen LogP contribution >= 0.6 is 0 Å². The fourth-order valence-electron chi connectivity index (χ4n) is 2.54. The zero-order valence-electron chi connectivity index (χ0n) is 11.3. The Hall–Kier alpha value is -2.43. The third kappa shape index (κ3) is 2.47. The maximum absolute atomic E-state index is 11.2. The lowest BCUT2D eigenvalue weighted by atomic mass is 9.98. The van der Waals surface area contributed by atoms with Crippen LogP contribution in [-0.2, 0) is 17.8 Å². The van der Waals surface area contributed by atoms with Crippen molar-refractivity contribution in [2.24, 2.45) is 0 Å². The number of aromatic nitrogens is 2. The van der Waals surface area contributed by atoms with Crippen LogP contribution in [0.5, 0.6) is 0 Å². The second-order valence-electron chi connectivity index (χ2n) is 4.84. The maximum Gasteiger partial charge on any atom is 0.225 e. The predicted octanol–water partition coefficient (Wildman–Crippen LogP) is 2.00. The van der Waals surface area contributed by atoms with Crippen LogP contribution in [-0.4, -0.2) is 22.4 Å². The van der Waals surface area contributed by atoms with Crippen LogP contribution in [0.2, 0.25) is 0 Å². The zero-order chi connectivity index (χ0) is 13.9. The summed E-state index contributed by atoms with van der Waals surface area (Å²) in [7, 11) is 0. The number of nitrogens with one attached hydrogen (secondary N) is 1. The summed E-state index contributed by atoms with van der Waals surface area (Å²) < 4.78 is 0. The Morgan fingerprint density at radius 3 is 2.80 bits per heavy atom. The fourth-order valence-corrected chi connectivity index (χ4v) is 2.54. The average molecular weight is 268 g/mol. The largest absolute Gasteiger partial charge is 0.336 e. The van der Waals surface area contributed by atoms with E-state index in [2.05, 4.69) is 26.3 Å². The van der Waals surface area contributed by atoms with E-state index < -0.39 is 0 Å². The monoisotopic (exact) mass is 268 g/mol. The summed E-state index contributed by atoms with van der Waals surface area (Å²) >= 11 is 0. The molecule has 0 saturated heterocycles. The molecule has 1 amide bonds. The summed E-state index contributed by atoms with van der Waals surface area (Å²) in [5.74, 6) is 0.718. The molecule has 1 aromatic heterocycles. The Kier molecular flexibility index (Phi) is 3.33. The van der Waals surface area contributed by atoms with Gasteiger partial charge in [-0.25, -0.2) is 9.97 Å². The van der Waals surface area contributed by atoms with Crippen molar-refractivity contribution in [3.05, 3.63) is 47.8 Å². The normalized spacial score (nSPS) is 13.8. The van der Waals surface area contributed by atoms with Gasteiger partial charge in [-0.05, 0) is 29.7 Å². The van der Waals surface area contributed by atoms with Crippen molar-refractivity contribution < 1.29 is 4.79 Å². The zero-order valence-corrected chi connectivity index (χ0v) is 11.3. The quantitative estimate of drug-likeness (QED) is 0.905. The first-order chi connectivity index (χ1) is 9.74. The molecule has 1 aliphatic heterocycles. The van der Waals surface area contributed by atoms with Gasteiger partial charge in [0.15, 0.2) is 0 Å². The molecule has 5 heteroatoms. The summed E-state index contributed by atoms with van der Waals surface area (Å²) in [6.45, 7) is 3.16. The van der Waals surface area contributed by atoms with Crippen molar-refractivity contribution in [1.82, 2.24) is 9.97 Å². The van der Waals surface area contributed by atoms with Gasteiger partial charge < -0.3 is 10.2 Å². The highest BCUT2D eigenvalue weighted by atomic mass is 16.1. The molecule has 0 radical (unpaired) electrons. The molecular formula is C15H16N4O. The van der Waals surface area contributed by atoms with Crippen LogP contribution in [0, 0.1) is 0 Å². The van der Waals surface area contributed by atoms with Crippen molar-refractivity contribution in [2.45, 2.75) is 19.9 Å². The second-order valence-corrected chi connectivity index (χ2v) is 4.84. The number of anilines is 2. The Morgan fingerprint density at radius 2 is 2.05 bits per heavy atom. The lowest BCUT2D eigenvalue weighted by molar-refractivity contribution is -0.114. The third-order valence-corrected chi connectivity index (χ3v) is 3.41. The standard InChI is InChI=1S/C15H16N4O/c1-11(20)18-14-5-2-4-12-10-19(9-6-13(12)14)15-16-7-3-8-17-15/h2-5,7-8H,6,9-10H2,1H3,(H,18,20). The molecule has 20 heavy (non-hydrogen) atoms. The lowest BCUT2D eigenvalue weighted by Gasteiger charge is -2.30. The van der Waals surface area contributed by atoms with E-state index in [9.17, 15) is 4.79 Å². The van der Waals surface area contributed by atoms with Crippen molar-refractivity contribution >= 4 is 17.5 Å². The highest BCUT2D eigenvalue weighted by Gasteiger charge is 2.20. The van der Waals surface area contributed by atoms with Gasteiger partial charge in [-0.3, -0.25) is 4.79 Å². The summed E-state index contributed by atoms with van der Waals surface area (Å²) in [6, 6.07) is 7.83. The maximum atomic E-state index is 11.2. The van der Waals surface area contributed by atoms with E-state index in [1.165, 1.54) is 18.1 Å². The average Bonchev–Trinajstić information content (AvgIpc) is 2.47. The highest BCUT2D eigenvalue weighted by molar-refractivity contribution is 5.89. The fraction of sp³-hybridized carbons (Fsp3) is 0.267. The number of amides is 1. The summed E-state index contributed by atoms with van der Waals surface area (Å²) in [5, 5.41) is 2.90. The van der Waals surface area contributed by atoms with E-state index in [1.54, 1.807) is 12.4 Å². The minimum atomic E-state index is -0.0350. The SMILES string of the molecule is CC(=O)Nc1cccc2c1CCN(c1ncccn1)C2. The van der Waals surface area contributed by atoms with Crippen molar-refractivity contribution in [3.8, 4) is 0 Å². The molecule has 1 aliphatic rings. The van der Waals surface area contributed by atoms with Gasteiger partial charge >= 0.3 is 0 Å². The first kappa shape index (κ1) is 12.6. The Morgan fingerprint density at radius 1 is 1.25 bits per heavy atom. The number of carbonyl (C=O) groups is 1. The van der Waals surface area contributed by atoms with Gasteiger partial charge in [0.1, 0.15) is 0 Å². The van der Waals surface area contributed by atoms with E-state index in [-0.39, 0.29) is 5.91 Å². The topological polar surface area (TPSA) is 58.1 Å². The van der Waals surface area contributed by atoms with Crippen LogP contribution in [0.1, 0.15) is 18.1 Å². The molecule has 3 rings (SSSR count). The Balaban J connectivity index is 1.87. The molecule has 0 fully saturated rings. The Labute approximate surface area is 117 Å². The molecule has 0 bridgehead atoms. The van der Waals surface area contributed by atoms with Crippen molar-refractivity contribution in [3.63, 3.8) is 0 Å². The lowest BCUT2D eigenvalue weighted by Crippen LogP contribution is -2.32. The first-order valence-electron chi connectivity index (χ1n) is 6.64. The number of carbonyl (C=O) groups excluding carboxylic acids is 1. The van der Waals surface area contributed by atoms with E-state index in [4.69, 9.17) is 0 Å². The van der Waals surface area contributed by atoms with Gasteiger partial charge in [0.05, 0.1) is 0 Å². The van der Waals surface area contributed by atoms with Crippen molar-refractivity contribution in [1.29, 1.82) is 0 Å². The summed E-state index contributed by atoms with van der Waals surface area (Å²) in [4.78, 5) is 22.0. The number of nitrogens with zero attached hydrogens (tertiary/aromatic N) is 3. The molecule has 1 aromatic carbocycles. The number of hydrogen-bond donors (Lipinski definition) is 1. The van der Waals surface area contributed by atoms with Gasteiger partial charge in [0.25, 0.3) is 0 Å². The van der Waals surface area contributed by atoms with Crippen LogP contribution in [0.4, 0.5) is 11.6 Å². The molecule has 0 unspecified atom stereocenters. The molecule has 0 aliphatic carbocycles. The van der Waals surface area contributed by atoms with Crippen LogP contribution in [0.25, 0.3) is 0 Å². The van der Waals surface area contributed by atoms with Crippen LogP contribution in [0.3, 0.4) is 0 Å². The molecule has 0 spiro atoms. The molecule has 0 saturated carbocycles. The number of rotatable bonds is 2. The van der Waals surface area contributed by atoms with Gasteiger partial charge in [0.2, 0.25) is 11.9 Å². The van der Waals surface area contributed by atoms with E-state index in [0.717, 1.165) is 31.1 Å². The van der Waals surface area contributed by atoms with Crippen molar-refractivity contribution in [2.75, 3.05) is 16.8 Å². The van der Waals surface area contributed by atoms with Crippen LogP contribution in [0.15, 0.2) is 36.7 Å². The smallest absolute Gasteiger partial charge is 0.225 e. The summed E-state index contributed by atoms with van der Waals surface area (Å²) in [5.41, 5.74) is 3.36. The van der Waals surface area contributed by atoms with Crippen LogP contribution < -0.4 is 10.2 Å². The summed E-state index contributed by atoms with van der Waals surface area (Å²) in [6.07, 6.45) is 4.39. The first-order valence-corrected chi connectivity index (χ1v) is 6.64. The number of benzene rings is 1. The molecule has 5 nitrogen and oxygen atoms in total. The molecule has 1 N–H and O–H groups in total. The third-order valence-electron chi connectivity index (χ3n) is 3.41. The van der Waals surface area contributed by atoms with E-state index in [0.29, 0.717) is 0 Å². The highest BCUT2D eigenvalue weighted by Crippen LogP contribution is 2.27. The minimum Gasteiger partial charge on any atom is -0.336 e. The van der Waals surface area contributed by atoms with Gasteiger partial charge in [-0.15, -0.1) is 0 Å². The molecule has 2 aromatic rings. The molecule has 2 heterocycles. The second kappa shape index (κ2) is 5.28. The van der Waals surface area contributed by atoms with E-state index >= 15 is 0 Å².